The second kappa shape index (κ2) is 5.58. The van der Waals surface area contributed by atoms with Gasteiger partial charge in [-0.3, -0.25) is 0 Å². The van der Waals surface area contributed by atoms with E-state index in [4.69, 9.17) is 0 Å². The van der Waals surface area contributed by atoms with E-state index < -0.39 is 0 Å². The van der Waals surface area contributed by atoms with Crippen LogP contribution in [0.5, 0.6) is 0 Å². The SMILES string of the molecule is CSc1scnc1CSc1ccccc1. The van der Waals surface area contributed by atoms with E-state index in [0.717, 1.165) is 5.75 Å². The smallest absolute Gasteiger partial charge is 0.0836 e. The molecule has 4 heteroatoms. The molecule has 78 valence electrons. The minimum atomic E-state index is 0.962. The van der Waals surface area contributed by atoms with Crippen LogP contribution in [0.2, 0.25) is 0 Å². The minimum absolute atomic E-state index is 0.962. The highest BCUT2D eigenvalue weighted by Crippen LogP contribution is 2.29. The zero-order chi connectivity index (χ0) is 10.5. The summed E-state index contributed by atoms with van der Waals surface area (Å²) in [7, 11) is 0. The lowest BCUT2D eigenvalue weighted by Gasteiger charge is -2.00. The average molecular weight is 253 g/mol. The van der Waals surface area contributed by atoms with Gasteiger partial charge in [-0.25, -0.2) is 4.98 Å². The van der Waals surface area contributed by atoms with Crippen LogP contribution in [-0.4, -0.2) is 11.2 Å². The molecule has 1 aromatic heterocycles. The number of thioether (sulfide) groups is 2. The molecule has 0 atom stereocenters. The van der Waals surface area contributed by atoms with Gasteiger partial charge in [0.25, 0.3) is 0 Å². The summed E-state index contributed by atoms with van der Waals surface area (Å²) in [4.78, 5) is 5.68. The summed E-state index contributed by atoms with van der Waals surface area (Å²) in [5.41, 5.74) is 3.13. The Morgan fingerprint density at radius 2 is 2.07 bits per heavy atom. The van der Waals surface area contributed by atoms with Crippen molar-refractivity contribution in [1.29, 1.82) is 0 Å². The highest BCUT2D eigenvalue weighted by atomic mass is 32.2. The maximum atomic E-state index is 4.38. The lowest BCUT2D eigenvalue weighted by Crippen LogP contribution is -1.82. The molecule has 0 N–H and O–H groups in total. The van der Waals surface area contributed by atoms with E-state index in [1.807, 2.05) is 23.3 Å². The van der Waals surface area contributed by atoms with E-state index in [0.29, 0.717) is 0 Å². The van der Waals surface area contributed by atoms with E-state index in [1.165, 1.54) is 14.8 Å². The van der Waals surface area contributed by atoms with Crippen molar-refractivity contribution in [2.24, 2.45) is 0 Å². The molecule has 0 radical (unpaired) electrons. The molecule has 0 saturated heterocycles. The van der Waals surface area contributed by atoms with Gasteiger partial charge in [0, 0.05) is 10.6 Å². The first-order valence-electron chi connectivity index (χ1n) is 4.54. The third-order valence-electron chi connectivity index (χ3n) is 1.91. The van der Waals surface area contributed by atoms with Crippen molar-refractivity contribution in [2.45, 2.75) is 14.9 Å². The predicted octanol–water partition coefficient (Wildman–Crippen LogP) is 4.16. The highest BCUT2D eigenvalue weighted by molar-refractivity contribution is 8.00. The molecule has 0 amide bonds. The second-order valence-corrected chi connectivity index (χ2v) is 5.87. The lowest BCUT2D eigenvalue weighted by molar-refractivity contribution is 1.18. The fraction of sp³-hybridized carbons (Fsp3) is 0.182. The zero-order valence-electron chi connectivity index (χ0n) is 8.34. The molecular weight excluding hydrogens is 242 g/mol. The topological polar surface area (TPSA) is 12.9 Å². The quantitative estimate of drug-likeness (QED) is 0.760. The maximum absolute atomic E-state index is 4.38. The van der Waals surface area contributed by atoms with Crippen molar-refractivity contribution >= 4 is 34.9 Å². The molecule has 1 aromatic carbocycles. The monoisotopic (exact) mass is 253 g/mol. The third kappa shape index (κ3) is 3.00. The van der Waals surface area contributed by atoms with Gasteiger partial charge in [-0.15, -0.1) is 34.9 Å². The summed E-state index contributed by atoms with van der Waals surface area (Å²) in [5, 5.41) is 0. The van der Waals surface area contributed by atoms with Crippen LogP contribution in [0.15, 0.2) is 44.9 Å². The highest BCUT2D eigenvalue weighted by Gasteiger charge is 2.04. The van der Waals surface area contributed by atoms with Crippen molar-refractivity contribution in [3.05, 3.63) is 41.5 Å². The number of hydrogen-bond donors (Lipinski definition) is 0. The summed E-state index contributed by atoms with van der Waals surface area (Å²) in [6, 6.07) is 10.4. The number of benzene rings is 1. The molecule has 0 bridgehead atoms. The van der Waals surface area contributed by atoms with Gasteiger partial charge >= 0.3 is 0 Å². The van der Waals surface area contributed by atoms with Crippen molar-refractivity contribution in [3.8, 4) is 0 Å². The molecule has 0 aliphatic carbocycles. The molecule has 0 aliphatic rings. The molecule has 0 unspecified atom stereocenters. The summed E-state index contributed by atoms with van der Waals surface area (Å²) in [5.74, 6) is 0.962. The van der Waals surface area contributed by atoms with Crippen molar-refractivity contribution < 1.29 is 0 Å². The first kappa shape index (κ1) is 11.0. The van der Waals surface area contributed by atoms with E-state index in [2.05, 4.69) is 35.5 Å². The molecule has 0 aliphatic heterocycles. The number of thiazole rings is 1. The first-order valence-corrected chi connectivity index (χ1v) is 7.63. The summed E-state index contributed by atoms with van der Waals surface area (Å²) >= 11 is 5.34. The van der Waals surface area contributed by atoms with Gasteiger partial charge < -0.3 is 0 Å². The van der Waals surface area contributed by atoms with Gasteiger partial charge in [-0.2, -0.15) is 0 Å². The normalized spacial score (nSPS) is 10.5. The number of nitrogens with zero attached hydrogens (tertiary/aromatic N) is 1. The van der Waals surface area contributed by atoms with Crippen LogP contribution in [0.25, 0.3) is 0 Å². The third-order valence-corrected chi connectivity index (χ3v) is 4.99. The van der Waals surface area contributed by atoms with E-state index in [1.54, 1.807) is 23.1 Å². The summed E-state index contributed by atoms with van der Waals surface area (Å²) in [6.07, 6.45) is 2.10. The number of rotatable bonds is 4. The van der Waals surface area contributed by atoms with Crippen molar-refractivity contribution in [1.82, 2.24) is 4.98 Å². The van der Waals surface area contributed by atoms with Crippen molar-refractivity contribution in [2.75, 3.05) is 6.26 Å². The van der Waals surface area contributed by atoms with E-state index >= 15 is 0 Å². The molecular formula is C11H11NS3. The average Bonchev–Trinajstić information content (AvgIpc) is 2.75. The number of aromatic nitrogens is 1. The maximum Gasteiger partial charge on any atom is 0.0836 e. The van der Waals surface area contributed by atoms with E-state index in [9.17, 15) is 0 Å². The molecule has 2 aromatic rings. The van der Waals surface area contributed by atoms with Crippen LogP contribution >= 0.6 is 34.9 Å². The Labute approximate surface area is 102 Å². The molecule has 1 nitrogen and oxygen atoms in total. The largest absolute Gasteiger partial charge is 0.248 e. The van der Waals surface area contributed by atoms with Crippen LogP contribution in [-0.2, 0) is 5.75 Å². The molecule has 0 fully saturated rings. The van der Waals surface area contributed by atoms with Gasteiger partial charge in [0.05, 0.1) is 15.4 Å². The van der Waals surface area contributed by atoms with E-state index in [-0.39, 0.29) is 0 Å². The Kier molecular flexibility index (Phi) is 4.11. The predicted molar refractivity (Wildman–Crippen MR) is 69.9 cm³/mol. The Hall–Kier alpha value is -0.450. The van der Waals surface area contributed by atoms with Gasteiger partial charge in [0.2, 0.25) is 0 Å². The standard InChI is InChI=1S/C11H11NS3/c1-13-11-10(12-8-15-11)7-14-9-5-3-2-4-6-9/h2-6,8H,7H2,1H3. The fourth-order valence-electron chi connectivity index (χ4n) is 1.19. The minimum Gasteiger partial charge on any atom is -0.248 e. The molecule has 2 rings (SSSR count). The fourth-order valence-corrected chi connectivity index (χ4v) is 3.65. The molecule has 1 heterocycles. The molecule has 15 heavy (non-hydrogen) atoms. The van der Waals surface area contributed by atoms with Crippen LogP contribution in [0, 0.1) is 0 Å². The number of hydrogen-bond acceptors (Lipinski definition) is 4. The zero-order valence-corrected chi connectivity index (χ0v) is 10.8. The second-order valence-electron chi connectivity index (χ2n) is 2.89. The summed E-state index contributed by atoms with van der Waals surface area (Å²) in [6.45, 7) is 0. The van der Waals surface area contributed by atoms with Gasteiger partial charge in [0.1, 0.15) is 0 Å². The Morgan fingerprint density at radius 1 is 1.27 bits per heavy atom. The molecule has 0 saturated carbocycles. The van der Waals surface area contributed by atoms with Crippen LogP contribution in [0.1, 0.15) is 5.69 Å². The lowest BCUT2D eigenvalue weighted by atomic mass is 10.4. The van der Waals surface area contributed by atoms with Gasteiger partial charge in [0.15, 0.2) is 0 Å². The Balaban J connectivity index is 1.99. The summed E-state index contributed by atoms with van der Waals surface area (Å²) < 4.78 is 1.33. The first-order chi connectivity index (χ1) is 7.40. The van der Waals surface area contributed by atoms with Crippen molar-refractivity contribution in [3.63, 3.8) is 0 Å². The van der Waals surface area contributed by atoms with Gasteiger partial charge in [-0.1, -0.05) is 18.2 Å². The van der Waals surface area contributed by atoms with Gasteiger partial charge in [-0.05, 0) is 18.4 Å². The van der Waals surface area contributed by atoms with Crippen LogP contribution < -0.4 is 0 Å². The Bertz CT molecular complexity index is 411. The van der Waals surface area contributed by atoms with Crippen LogP contribution in [0.4, 0.5) is 0 Å². The molecule has 0 spiro atoms. The Morgan fingerprint density at radius 3 is 2.80 bits per heavy atom. The van der Waals surface area contributed by atoms with Crippen LogP contribution in [0.3, 0.4) is 0 Å².